The van der Waals surface area contributed by atoms with E-state index in [0.29, 0.717) is 0 Å². The van der Waals surface area contributed by atoms with Crippen LogP contribution in [0.4, 0.5) is 13.2 Å². The van der Waals surface area contributed by atoms with Gasteiger partial charge in [0.1, 0.15) is 42.9 Å². The Balaban J connectivity index is 1.54. The number of halogens is 3. The van der Waals surface area contributed by atoms with Crippen LogP contribution in [-0.2, 0) is 28.5 Å². The summed E-state index contributed by atoms with van der Waals surface area (Å²) in [5, 5.41) is 8.19. The fraction of sp³-hybridized carbons (Fsp3) is 0.400. The van der Waals surface area contributed by atoms with Crippen LogP contribution in [-0.4, -0.2) is 65.7 Å². The van der Waals surface area contributed by atoms with Crippen LogP contribution >= 0.6 is 0 Å². The number of hydrogen-bond acceptors (Lipinski definition) is 8. The number of Topliss-reactive ketones (excluding diaryl/α,β-unsaturated/α-hetero) is 1. The van der Waals surface area contributed by atoms with Gasteiger partial charge in [-0.15, -0.1) is 5.10 Å². The Kier molecular flexibility index (Phi) is 7.36. The molecule has 6 atom stereocenters. The number of ether oxygens (including phenoxy) is 5. The molecule has 2 aromatic carbocycles. The number of fused-ring (bicyclic) bond motifs is 1. The molecule has 2 aliphatic heterocycles. The van der Waals surface area contributed by atoms with Gasteiger partial charge in [0.2, 0.25) is 0 Å². The zero-order valence-corrected chi connectivity index (χ0v) is 19.9. The first-order valence-corrected chi connectivity index (χ1v) is 11.5. The van der Waals surface area contributed by atoms with Crippen molar-refractivity contribution in [2.24, 2.45) is 0 Å². The molecule has 2 aliphatic rings. The molecular formula is C25H24F3N3O6. The monoisotopic (exact) mass is 519 g/mol. The second-order valence-corrected chi connectivity index (χ2v) is 8.75. The van der Waals surface area contributed by atoms with Gasteiger partial charge in [-0.05, 0) is 19.1 Å². The van der Waals surface area contributed by atoms with Gasteiger partial charge in [0.15, 0.2) is 29.5 Å². The van der Waals surface area contributed by atoms with E-state index in [4.69, 9.17) is 23.7 Å². The van der Waals surface area contributed by atoms with Gasteiger partial charge in [0, 0.05) is 18.2 Å². The van der Waals surface area contributed by atoms with Crippen molar-refractivity contribution in [3.63, 3.8) is 0 Å². The molecule has 0 amide bonds. The highest BCUT2D eigenvalue weighted by Crippen LogP contribution is 2.41. The van der Waals surface area contributed by atoms with E-state index in [2.05, 4.69) is 10.3 Å². The predicted molar refractivity (Wildman–Crippen MR) is 120 cm³/mol. The van der Waals surface area contributed by atoms with Gasteiger partial charge in [-0.1, -0.05) is 35.5 Å². The van der Waals surface area contributed by atoms with Gasteiger partial charge >= 0.3 is 0 Å². The lowest BCUT2D eigenvalue weighted by molar-refractivity contribution is -0.319. The van der Waals surface area contributed by atoms with Crippen LogP contribution < -0.4 is 0 Å². The largest absolute Gasteiger partial charge is 0.359 e. The minimum atomic E-state index is -1.58. The van der Waals surface area contributed by atoms with E-state index in [1.54, 1.807) is 0 Å². The molecule has 2 fully saturated rings. The smallest absolute Gasteiger partial charge is 0.194 e. The molecule has 12 heteroatoms. The summed E-state index contributed by atoms with van der Waals surface area (Å²) >= 11 is 0. The minimum Gasteiger partial charge on any atom is -0.359 e. The van der Waals surface area contributed by atoms with Crippen molar-refractivity contribution in [1.82, 2.24) is 15.0 Å². The Bertz CT molecular complexity index is 1240. The number of aromatic nitrogens is 3. The average molecular weight is 519 g/mol. The molecule has 1 aromatic heterocycles. The Hall–Kier alpha value is -3.16. The molecule has 3 aromatic rings. The number of benzene rings is 2. The minimum absolute atomic E-state index is 0.0150. The van der Waals surface area contributed by atoms with Crippen LogP contribution in [0.15, 0.2) is 48.7 Å². The van der Waals surface area contributed by atoms with Crippen LogP contribution in [0.5, 0.6) is 0 Å². The molecule has 0 spiro atoms. The number of rotatable bonds is 7. The van der Waals surface area contributed by atoms with E-state index in [1.807, 2.05) is 30.3 Å². The van der Waals surface area contributed by atoms with Crippen molar-refractivity contribution < 1.29 is 41.7 Å². The Morgan fingerprint density at radius 2 is 1.86 bits per heavy atom. The van der Waals surface area contributed by atoms with Gasteiger partial charge in [0.05, 0.1) is 12.8 Å². The number of methoxy groups -OCH3 is 1. The highest BCUT2D eigenvalue weighted by Gasteiger charge is 2.53. The fourth-order valence-corrected chi connectivity index (χ4v) is 4.60. The summed E-state index contributed by atoms with van der Waals surface area (Å²) < 4.78 is 71.8. The summed E-state index contributed by atoms with van der Waals surface area (Å²) in [6, 6.07) is 10.2. The highest BCUT2D eigenvalue weighted by molar-refractivity contribution is 5.81. The average Bonchev–Trinajstić information content (AvgIpc) is 3.39. The Labute approximate surface area is 210 Å². The molecule has 196 valence electrons. The summed E-state index contributed by atoms with van der Waals surface area (Å²) in [5.41, 5.74) is 0.843. The molecule has 0 aliphatic carbocycles. The third-order valence-corrected chi connectivity index (χ3v) is 6.30. The number of carbonyl (C=O) groups excluding carboxylic acids is 1. The van der Waals surface area contributed by atoms with Crippen LogP contribution in [0.2, 0.25) is 0 Å². The molecule has 3 heterocycles. The first kappa shape index (κ1) is 25.5. The number of ketones is 1. The fourth-order valence-electron chi connectivity index (χ4n) is 4.60. The van der Waals surface area contributed by atoms with E-state index < -0.39 is 54.2 Å². The zero-order valence-electron chi connectivity index (χ0n) is 19.9. The van der Waals surface area contributed by atoms with Crippen molar-refractivity contribution in [2.75, 3.05) is 20.5 Å². The van der Waals surface area contributed by atoms with Crippen LogP contribution in [0.25, 0.3) is 11.3 Å². The van der Waals surface area contributed by atoms with Gasteiger partial charge in [-0.25, -0.2) is 17.9 Å². The van der Waals surface area contributed by atoms with Crippen molar-refractivity contribution in [3.8, 4) is 11.3 Å². The summed E-state index contributed by atoms with van der Waals surface area (Å²) in [6.07, 6.45) is -2.59. The quantitative estimate of drug-likeness (QED) is 0.347. The van der Waals surface area contributed by atoms with E-state index in [9.17, 15) is 18.0 Å². The van der Waals surface area contributed by atoms with Crippen molar-refractivity contribution in [3.05, 3.63) is 71.7 Å². The molecule has 9 nitrogen and oxygen atoms in total. The second kappa shape index (κ2) is 10.7. The predicted octanol–water partition coefficient (Wildman–Crippen LogP) is 3.36. The molecule has 0 N–H and O–H groups in total. The topological polar surface area (TPSA) is 93.9 Å². The first-order chi connectivity index (χ1) is 17.9. The van der Waals surface area contributed by atoms with Gasteiger partial charge < -0.3 is 23.7 Å². The van der Waals surface area contributed by atoms with Gasteiger partial charge in [-0.3, -0.25) is 4.79 Å². The molecule has 37 heavy (non-hydrogen) atoms. The van der Waals surface area contributed by atoms with Crippen LogP contribution in [0.1, 0.15) is 24.8 Å². The maximum Gasteiger partial charge on any atom is 0.194 e. The number of nitrogens with zero attached hydrogens (tertiary/aromatic N) is 3. The SMILES string of the molecule is COCO[C@@H]1[C@@H](n2cc(-c3cc(F)c(F)c(F)c3)nn2)[C@H]2OC(c3ccccc3)OC[C@H]2O[C@H]1C(C)=O. The molecule has 5 rings (SSSR count). The molecule has 0 saturated carbocycles. The number of hydrogen-bond donors (Lipinski definition) is 0. The van der Waals surface area contributed by atoms with E-state index in [0.717, 1.165) is 17.7 Å². The summed E-state index contributed by atoms with van der Waals surface area (Å²) in [7, 11) is 1.44. The number of carbonyl (C=O) groups is 1. The molecule has 1 unspecified atom stereocenters. The lowest BCUT2D eigenvalue weighted by atomic mass is 9.90. The second-order valence-electron chi connectivity index (χ2n) is 8.75. The van der Waals surface area contributed by atoms with Crippen molar-refractivity contribution in [2.45, 2.75) is 43.7 Å². The Morgan fingerprint density at radius 1 is 1.14 bits per heavy atom. The third kappa shape index (κ3) is 5.03. The van der Waals surface area contributed by atoms with E-state index in [-0.39, 0.29) is 30.4 Å². The standard InChI is InChI=1S/C25H24F3N3O6/c1-13(32)22-24(35-12-33-2)21(23-19(36-22)11-34-25(37-23)14-6-4-3-5-7-14)31-10-18(29-30-31)15-8-16(26)20(28)17(27)9-15/h3-10,19,21-25H,11-12H2,1-2H3/t19-,21+,22+,23+,24-,25?/m1/s1. The lowest BCUT2D eigenvalue weighted by Gasteiger charge is -2.48. The summed E-state index contributed by atoms with van der Waals surface area (Å²) in [6.45, 7) is 1.34. The highest BCUT2D eigenvalue weighted by atomic mass is 19.2. The Morgan fingerprint density at radius 3 is 2.54 bits per heavy atom. The molecule has 0 radical (unpaired) electrons. The lowest BCUT2D eigenvalue weighted by Crippen LogP contribution is -2.61. The maximum atomic E-state index is 13.9. The van der Waals surface area contributed by atoms with Crippen LogP contribution in [0, 0.1) is 17.5 Å². The van der Waals surface area contributed by atoms with Gasteiger partial charge in [-0.2, -0.15) is 0 Å². The molecule has 0 bridgehead atoms. The zero-order chi connectivity index (χ0) is 26.1. The maximum absolute atomic E-state index is 13.9. The van der Waals surface area contributed by atoms with Gasteiger partial charge in [0.25, 0.3) is 0 Å². The molecule has 2 saturated heterocycles. The molecular weight excluding hydrogens is 495 g/mol. The van der Waals surface area contributed by atoms with E-state index in [1.165, 1.54) is 24.9 Å². The summed E-state index contributed by atoms with van der Waals surface area (Å²) in [5.74, 6) is -4.58. The normalized spacial score (nSPS) is 27.6. The summed E-state index contributed by atoms with van der Waals surface area (Å²) in [4.78, 5) is 12.6. The van der Waals surface area contributed by atoms with Crippen molar-refractivity contribution in [1.29, 1.82) is 0 Å². The first-order valence-electron chi connectivity index (χ1n) is 11.5. The van der Waals surface area contributed by atoms with Crippen LogP contribution in [0.3, 0.4) is 0 Å². The van der Waals surface area contributed by atoms with E-state index >= 15 is 0 Å². The third-order valence-electron chi connectivity index (χ3n) is 6.30. The van der Waals surface area contributed by atoms with Crippen molar-refractivity contribution >= 4 is 5.78 Å².